The Kier molecular flexibility index (Phi) is 6.39. The number of benzene rings is 1. The summed E-state index contributed by atoms with van der Waals surface area (Å²) in [6.07, 6.45) is 2.80. The third kappa shape index (κ3) is 4.85. The van der Waals surface area contributed by atoms with Gasteiger partial charge >= 0.3 is 5.97 Å². The molecule has 0 fully saturated rings. The predicted octanol–water partition coefficient (Wildman–Crippen LogP) is 4.81. The van der Waals surface area contributed by atoms with Crippen LogP contribution in [0.5, 0.6) is 0 Å². The SMILES string of the molecule is COC(=O)c1c(NC(=S)NC(=O)c2ccccc2)sc2c1CCC(C(C)(C)C)C2. The monoisotopic (exact) mass is 430 g/mol. The zero-order valence-corrected chi connectivity index (χ0v) is 18.8. The average molecular weight is 431 g/mol. The van der Waals surface area contributed by atoms with Crippen molar-refractivity contribution in [2.75, 3.05) is 12.4 Å². The van der Waals surface area contributed by atoms with Gasteiger partial charge in [-0.25, -0.2) is 4.79 Å². The summed E-state index contributed by atoms with van der Waals surface area (Å²) in [6.45, 7) is 6.76. The fourth-order valence-corrected chi connectivity index (χ4v) is 5.21. The zero-order chi connectivity index (χ0) is 21.2. The van der Waals surface area contributed by atoms with Crippen LogP contribution in [0.1, 0.15) is 58.3 Å². The Balaban J connectivity index is 1.82. The van der Waals surface area contributed by atoms with Gasteiger partial charge in [0, 0.05) is 10.4 Å². The number of esters is 1. The van der Waals surface area contributed by atoms with E-state index in [-0.39, 0.29) is 22.4 Å². The van der Waals surface area contributed by atoms with Gasteiger partial charge in [-0.3, -0.25) is 10.1 Å². The molecule has 3 rings (SSSR count). The number of amides is 1. The van der Waals surface area contributed by atoms with Crippen molar-refractivity contribution in [3.63, 3.8) is 0 Å². The quantitative estimate of drug-likeness (QED) is 0.540. The van der Waals surface area contributed by atoms with Gasteiger partial charge in [-0.1, -0.05) is 39.0 Å². The third-order valence-electron chi connectivity index (χ3n) is 5.37. The van der Waals surface area contributed by atoms with Crippen LogP contribution in [0.15, 0.2) is 30.3 Å². The number of anilines is 1. The summed E-state index contributed by atoms with van der Waals surface area (Å²) in [4.78, 5) is 26.0. The maximum Gasteiger partial charge on any atom is 0.341 e. The highest BCUT2D eigenvalue weighted by Gasteiger charge is 2.34. The van der Waals surface area contributed by atoms with Gasteiger partial charge in [-0.05, 0) is 60.5 Å². The van der Waals surface area contributed by atoms with Crippen molar-refractivity contribution < 1.29 is 14.3 Å². The van der Waals surface area contributed by atoms with Crippen molar-refractivity contribution in [1.29, 1.82) is 0 Å². The van der Waals surface area contributed by atoms with E-state index in [1.165, 1.54) is 23.3 Å². The minimum absolute atomic E-state index is 0.162. The Morgan fingerprint density at radius 3 is 2.52 bits per heavy atom. The number of thiophene rings is 1. The van der Waals surface area contributed by atoms with Crippen molar-refractivity contribution in [2.45, 2.75) is 40.0 Å². The van der Waals surface area contributed by atoms with Crippen molar-refractivity contribution in [3.05, 3.63) is 51.9 Å². The molecule has 1 aliphatic rings. The number of rotatable bonds is 3. The lowest BCUT2D eigenvalue weighted by atomic mass is 9.72. The topological polar surface area (TPSA) is 67.4 Å². The van der Waals surface area contributed by atoms with Crippen LogP contribution in [-0.2, 0) is 17.6 Å². The Labute approximate surface area is 180 Å². The maximum absolute atomic E-state index is 12.5. The van der Waals surface area contributed by atoms with Crippen LogP contribution in [0.25, 0.3) is 0 Å². The van der Waals surface area contributed by atoms with E-state index in [9.17, 15) is 9.59 Å². The Bertz CT molecular complexity index is 930. The van der Waals surface area contributed by atoms with E-state index in [1.807, 2.05) is 6.07 Å². The Morgan fingerprint density at radius 1 is 1.21 bits per heavy atom. The van der Waals surface area contributed by atoms with Gasteiger partial charge in [0.25, 0.3) is 5.91 Å². The molecule has 0 radical (unpaired) electrons. The molecule has 154 valence electrons. The lowest BCUT2D eigenvalue weighted by molar-refractivity contribution is 0.0600. The molecule has 1 aliphatic carbocycles. The minimum atomic E-state index is -0.378. The smallest absolute Gasteiger partial charge is 0.341 e. The molecule has 0 spiro atoms. The molecular weight excluding hydrogens is 404 g/mol. The first-order chi connectivity index (χ1) is 13.7. The third-order valence-corrected chi connectivity index (χ3v) is 6.74. The Hall–Kier alpha value is -2.25. The average Bonchev–Trinajstić information content (AvgIpc) is 3.04. The van der Waals surface area contributed by atoms with Crippen LogP contribution in [0, 0.1) is 11.3 Å². The van der Waals surface area contributed by atoms with Gasteiger partial charge in [-0.15, -0.1) is 11.3 Å². The number of fused-ring (bicyclic) bond motifs is 1. The molecule has 0 bridgehead atoms. The summed E-state index contributed by atoms with van der Waals surface area (Å²) in [5.74, 6) is -0.120. The highest BCUT2D eigenvalue weighted by Crippen LogP contribution is 2.44. The number of hydrogen-bond donors (Lipinski definition) is 2. The zero-order valence-electron chi connectivity index (χ0n) is 17.1. The van der Waals surface area contributed by atoms with Gasteiger partial charge < -0.3 is 10.1 Å². The second kappa shape index (κ2) is 8.63. The number of carbonyl (C=O) groups excluding carboxylic acids is 2. The standard InChI is InChI=1S/C22H26N2O3S2/c1-22(2,3)14-10-11-15-16(12-14)29-19(17(15)20(26)27-4)24-21(28)23-18(25)13-8-6-5-7-9-13/h5-9,14H,10-12H2,1-4H3,(H2,23,24,25,28). The summed E-state index contributed by atoms with van der Waals surface area (Å²) >= 11 is 6.86. The summed E-state index contributed by atoms with van der Waals surface area (Å²) < 4.78 is 5.02. The highest BCUT2D eigenvalue weighted by atomic mass is 32.1. The number of ether oxygens (including phenoxy) is 1. The van der Waals surface area contributed by atoms with E-state index in [0.29, 0.717) is 22.0 Å². The maximum atomic E-state index is 12.5. The first-order valence-corrected chi connectivity index (χ1v) is 10.8. The lowest BCUT2D eigenvalue weighted by Crippen LogP contribution is -2.34. The van der Waals surface area contributed by atoms with Gasteiger partial charge in [0.15, 0.2) is 5.11 Å². The van der Waals surface area contributed by atoms with Crippen molar-refractivity contribution >= 4 is 45.5 Å². The molecule has 2 aromatic rings. The molecule has 2 N–H and O–H groups in total. The molecule has 1 unspecified atom stereocenters. The largest absolute Gasteiger partial charge is 0.465 e. The number of nitrogens with one attached hydrogen (secondary N) is 2. The molecular formula is C22H26N2O3S2. The first kappa shape index (κ1) is 21.5. The van der Waals surface area contributed by atoms with E-state index in [1.54, 1.807) is 24.3 Å². The lowest BCUT2D eigenvalue weighted by Gasteiger charge is -2.33. The molecule has 1 aromatic heterocycles. The van der Waals surface area contributed by atoms with Gasteiger partial charge in [0.2, 0.25) is 0 Å². The molecule has 1 aromatic carbocycles. The van der Waals surface area contributed by atoms with Crippen LogP contribution in [-0.4, -0.2) is 24.1 Å². The van der Waals surface area contributed by atoms with E-state index in [2.05, 4.69) is 31.4 Å². The molecule has 7 heteroatoms. The molecule has 1 heterocycles. The molecule has 0 saturated heterocycles. The van der Waals surface area contributed by atoms with Crippen LogP contribution < -0.4 is 10.6 Å². The fourth-order valence-electron chi connectivity index (χ4n) is 3.63. The molecule has 1 amide bonds. The number of thiocarbonyl (C=S) groups is 1. The summed E-state index contributed by atoms with van der Waals surface area (Å²) in [7, 11) is 1.38. The normalized spacial score (nSPS) is 15.9. The minimum Gasteiger partial charge on any atom is -0.465 e. The van der Waals surface area contributed by atoms with Crippen LogP contribution in [0.2, 0.25) is 0 Å². The molecule has 5 nitrogen and oxygen atoms in total. The van der Waals surface area contributed by atoms with Gasteiger partial charge in [-0.2, -0.15) is 0 Å². The van der Waals surface area contributed by atoms with Crippen LogP contribution in [0.4, 0.5) is 5.00 Å². The first-order valence-electron chi connectivity index (χ1n) is 9.61. The van der Waals surface area contributed by atoms with Crippen molar-refractivity contribution in [2.24, 2.45) is 11.3 Å². The number of carbonyl (C=O) groups is 2. The van der Waals surface area contributed by atoms with Crippen molar-refractivity contribution in [3.8, 4) is 0 Å². The van der Waals surface area contributed by atoms with Crippen molar-refractivity contribution in [1.82, 2.24) is 5.32 Å². The van der Waals surface area contributed by atoms with Crippen LogP contribution >= 0.6 is 23.6 Å². The summed E-state index contributed by atoms with van der Waals surface area (Å²) in [5, 5.41) is 6.53. The van der Waals surface area contributed by atoms with E-state index in [4.69, 9.17) is 17.0 Å². The summed E-state index contributed by atoms with van der Waals surface area (Å²) in [6, 6.07) is 8.86. The van der Waals surface area contributed by atoms with E-state index >= 15 is 0 Å². The summed E-state index contributed by atoms with van der Waals surface area (Å²) in [5.41, 5.74) is 2.31. The van der Waals surface area contributed by atoms with Gasteiger partial charge in [0.1, 0.15) is 5.00 Å². The predicted molar refractivity (Wildman–Crippen MR) is 121 cm³/mol. The van der Waals surface area contributed by atoms with E-state index < -0.39 is 0 Å². The fraction of sp³-hybridized carbons (Fsp3) is 0.409. The van der Waals surface area contributed by atoms with Crippen LogP contribution in [0.3, 0.4) is 0 Å². The molecule has 29 heavy (non-hydrogen) atoms. The van der Waals surface area contributed by atoms with Gasteiger partial charge in [0.05, 0.1) is 12.7 Å². The second-order valence-electron chi connectivity index (χ2n) is 8.28. The number of hydrogen-bond acceptors (Lipinski definition) is 5. The van der Waals surface area contributed by atoms with E-state index in [0.717, 1.165) is 24.8 Å². The Morgan fingerprint density at radius 2 is 1.90 bits per heavy atom. The molecule has 0 aliphatic heterocycles. The molecule has 1 atom stereocenters. The second-order valence-corrected chi connectivity index (χ2v) is 9.79. The number of methoxy groups -OCH3 is 1. The highest BCUT2D eigenvalue weighted by molar-refractivity contribution is 7.80. The molecule has 0 saturated carbocycles.